The summed E-state index contributed by atoms with van der Waals surface area (Å²) in [6.45, 7) is 2.33. The largest absolute Gasteiger partial charge is 0.497 e. The Bertz CT molecular complexity index is 923. The first-order valence-corrected chi connectivity index (χ1v) is 10.2. The van der Waals surface area contributed by atoms with Crippen molar-refractivity contribution in [2.45, 2.75) is 19.4 Å². The lowest BCUT2D eigenvalue weighted by Gasteiger charge is -2.17. The fourth-order valence-electron chi connectivity index (χ4n) is 3.11. The number of nitrogens with one attached hydrogen (secondary N) is 1. The molecule has 1 aliphatic rings. The van der Waals surface area contributed by atoms with Gasteiger partial charge in [-0.25, -0.2) is 8.42 Å². The molecule has 0 saturated heterocycles. The van der Waals surface area contributed by atoms with Crippen molar-refractivity contribution in [2.24, 2.45) is 0 Å². The summed E-state index contributed by atoms with van der Waals surface area (Å²) in [5.41, 5.74) is 3.04. The lowest BCUT2D eigenvalue weighted by atomic mass is 10.1. The third-order valence-electron chi connectivity index (χ3n) is 4.56. The molecule has 0 unspecified atom stereocenters. The van der Waals surface area contributed by atoms with Crippen molar-refractivity contribution >= 4 is 21.6 Å². The van der Waals surface area contributed by atoms with Crippen LogP contribution in [0.2, 0.25) is 0 Å². The van der Waals surface area contributed by atoms with E-state index in [1.54, 1.807) is 25.3 Å². The van der Waals surface area contributed by atoms with Crippen LogP contribution in [0.5, 0.6) is 5.75 Å². The van der Waals surface area contributed by atoms with Crippen molar-refractivity contribution in [1.29, 1.82) is 0 Å². The normalized spacial score (nSPS) is 14.7. The van der Waals surface area contributed by atoms with Crippen LogP contribution < -0.4 is 14.4 Å². The molecule has 1 amide bonds. The first kappa shape index (κ1) is 18.3. The number of amides is 1. The highest BCUT2D eigenvalue weighted by Gasteiger charge is 2.26. The smallest absolute Gasteiger partial charge is 0.251 e. The molecule has 0 fully saturated rings. The number of nitrogens with zero attached hydrogens (tertiary/aromatic N) is 1. The Hall–Kier alpha value is -2.54. The maximum Gasteiger partial charge on any atom is 0.251 e. The van der Waals surface area contributed by atoms with Gasteiger partial charge in [0, 0.05) is 12.1 Å². The summed E-state index contributed by atoms with van der Waals surface area (Å²) in [4.78, 5) is 12.6. The van der Waals surface area contributed by atoms with Crippen LogP contribution in [0.25, 0.3) is 0 Å². The summed E-state index contributed by atoms with van der Waals surface area (Å²) < 4.78 is 30.1. The lowest BCUT2D eigenvalue weighted by molar-refractivity contribution is 0.0940. The van der Waals surface area contributed by atoms with Gasteiger partial charge in [0.15, 0.2) is 0 Å². The average molecular weight is 374 g/mol. The molecule has 0 bridgehead atoms. The van der Waals surface area contributed by atoms with Crippen LogP contribution in [-0.2, 0) is 16.4 Å². The standard InChI is InChI=1S/C19H22N2O4S/c1-13(14-4-7-17(25-2)8-5-14)20-19(22)16-6-9-18-15(12-16)10-11-21(18)26(3,23)24/h4-9,12-13H,10-11H2,1-3H3,(H,20,22)/t13-/m0/s1. The zero-order valence-electron chi connectivity index (χ0n) is 15.0. The van der Waals surface area contributed by atoms with Crippen LogP contribution in [0.4, 0.5) is 5.69 Å². The molecule has 0 radical (unpaired) electrons. The number of ether oxygens (including phenoxy) is 1. The number of methoxy groups -OCH3 is 1. The van der Waals surface area contributed by atoms with Gasteiger partial charge < -0.3 is 10.1 Å². The summed E-state index contributed by atoms with van der Waals surface area (Å²) in [6.07, 6.45) is 1.80. The van der Waals surface area contributed by atoms with Crippen LogP contribution in [0, 0.1) is 0 Å². The molecular formula is C19H22N2O4S. The summed E-state index contributed by atoms with van der Waals surface area (Å²) in [5.74, 6) is 0.579. The molecule has 0 aromatic heterocycles. The number of hydrogen-bond donors (Lipinski definition) is 1. The van der Waals surface area contributed by atoms with E-state index in [4.69, 9.17) is 4.74 Å². The minimum Gasteiger partial charge on any atom is -0.497 e. The van der Waals surface area contributed by atoms with Crippen LogP contribution in [0.1, 0.15) is 34.5 Å². The van der Waals surface area contributed by atoms with Crippen molar-refractivity contribution in [3.8, 4) is 5.75 Å². The molecule has 3 rings (SSSR count). The van der Waals surface area contributed by atoms with Crippen LogP contribution >= 0.6 is 0 Å². The van der Waals surface area contributed by atoms with E-state index in [0.717, 1.165) is 16.9 Å². The molecule has 0 saturated carbocycles. The predicted octanol–water partition coefficient (Wildman–Crippen LogP) is 2.51. The Labute approximate surface area is 153 Å². The van der Waals surface area contributed by atoms with Crippen LogP contribution in [0.15, 0.2) is 42.5 Å². The minimum atomic E-state index is -3.29. The van der Waals surface area contributed by atoms with Crippen molar-refractivity contribution in [3.63, 3.8) is 0 Å². The van der Waals surface area contributed by atoms with Crippen molar-refractivity contribution < 1.29 is 17.9 Å². The van der Waals surface area contributed by atoms with Crippen molar-refractivity contribution in [3.05, 3.63) is 59.2 Å². The molecule has 6 nitrogen and oxygen atoms in total. The molecule has 0 spiro atoms. The SMILES string of the molecule is COc1ccc([C@H](C)NC(=O)c2ccc3c(c2)CCN3S(C)(=O)=O)cc1. The Morgan fingerprint density at radius 3 is 2.50 bits per heavy atom. The molecule has 1 N–H and O–H groups in total. The highest BCUT2D eigenvalue weighted by molar-refractivity contribution is 7.92. The lowest BCUT2D eigenvalue weighted by Crippen LogP contribution is -2.28. The second-order valence-corrected chi connectivity index (χ2v) is 8.30. The van der Waals surface area contributed by atoms with Crippen molar-refractivity contribution in [2.75, 3.05) is 24.2 Å². The van der Waals surface area contributed by atoms with Gasteiger partial charge in [0.25, 0.3) is 5.91 Å². The van der Waals surface area contributed by atoms with E-state index in [2.05, 4.69) is 5.32 Å². The molecule has 1 heterocycles. The molecule has 2 aromatic carbocycles. The Balaban J connectivity index is 1.74. The summed E-state index contributed by atoms with van der Waals surface area (Å²) in [6, 6.07) is 12.5. The first-order valence-electron chi connectivity index (χ1n) is 8.35. The van der Waals surface area contributed by atoms with Gasteiger partial charge in [-0.05, 0) is 54.8 Å². The summed E-state index contributed by atoms with van der Waals surface area (Å²) in [5, 5.41) is 2.97. The summed E-state index contributed by atoms with van der Waals surface area (Å²) >= 11 is 0. The van der Waals surface area contributed by atoms with E-state index in [0.29, 0.717) is 24.2 Å². The number of benzene rings is 2. The van der Waals surface area contributed by atoms with E-state index in [1.807, 2.05) is 31.2 Å². The number of rotatable bonds is 5. The molecule has 138 valence electrons. The molecule has 1 aliphatic heterocycles. The molecule has 26 heavy (non-hydrogen) atoms. The average Bonchev–Trinajstić information content (AvgIpc) is 3.05. The quantitative estimate of drug-likeness (QED) is 0.873. The van der Waals surface area contributed by atoms with Crippen LogP contribution in [0.3, 0.4) is 0 Å². The zero-order chi connectivity index (χ0) is 18.9. The zero-order valence-corrected chi connectivity index (χ0v) is 15.8. The van der Waals surface area contributed by atoms with Crippen molar-refractivity contribution in [1.82, 2.24) is 5.32 Å². The second-order valence-electron chi connectivity index (χ2n) is 6.40. The highest BCUT2D eigenvalue weighted by Crippen LogP contribution is 2.30. The number of hydrogen-bond acceptors (Lipinski definition) is 4. The molecule has 7 heteroatoms. The van der Waals surface area contributed by atoms with E-state index < -0.39 is 10.0 Å². The van der Waals surface area contributed by atoms with E-state index >= 15 is 0 Å². The third kappa shape index (κ3) is 3.67. The van der Waals surface area contributed by atoms with Gasteiger partial charge in [-0.2, -0.15) is 0 Å². The maximum absolute atomic E-state index is 12.6. The Kier molecular flexibility index (Phi) is 4.91. The Morgan fingerprint density at radius 2 is 1.88 bits per heavy atom. The van der Waals surface area contributed by atoms with Gasteiger partial charge in [-0.3, -0.25) is 9.10 Å². The number of carbonyl (C=O) groups is 1. The highest BCUT2D eigenvalue weighted by atomic mass is 32.2. The van der Waals surface area contributed by atoms with Gasteiger partial charge in [0.2, 0.25) is 10.0 Å². The number of carbonyl (C=O) groups excluding carboxylic acids is 1. The van der Waals surface area contributed by atoms with Gasteiger partial charge in [-0.1, -0.05) is 12.1 Å². The first-order chi connectivity index (χ1) is 12.3. The molecule has 2 aromatic rings. The van der Waals surface area contributed by atoms with Crippen LogP contribution in [-0.4, -0.2) is 34.2 Å². The molecule has 0 aliphatic carbocycles. The number of anilines is 1. The predicted molar refractivity (Wildman–Crippen MR) is 101 cm³/mol. The van der Waals surface area contributed by atoms with Gasteiger partial charge >= 0.3 is 0 Å². The summed E-state index contributed by atoms with van der Waals surface area (Å²) in [7, 11) is -1.68. The maximum atomic E-state index is 12.6. The van der Waals surface area contributed by atoms with Gasteiger partial charge in [0.1, 0.15) is 5.75 Å². The Morgan fingerprint density at radius 1 is 1.19 bits per heavy atom. The fourth-order valence-corrected chi connectivity index (χ4v) is 4.07. The van der Waals surface area contributed by atoms with E-state index in [9.17, 15) is 13.2 Å². The minimum absolute atomic E-state index is 0.158. The molecule has 1 atom stereocenters. The van der Waals surface area contributed by atoms with E-state index in [-0.39, 0.29) is 11.9 Å². The second kappa shape index (κ2) is 6.99. The number of fused-ring (bicyclic) bond motifs is 1. The van der Waals surface area contributed by atoms with E-state index in [1.165, 1.54) is 10.6 Å². The fraction of sp³-hybridized carbons (Fsp3) is 0.316. The monoisotopic (exact) mass is 374 g/mol. The number of sulfonamides is 1. The third-order valence-corrected chi connectivity index (χ3v) is 5.74. The topological polar surface area (TPSA) is 75.7 Å². The molecular weight excluding hydrogens is 352 g/mol. The van der Waals surface area contributed by atoms with Gasteiger partial charge in [-0.15, -0.1) is 0 Å². The van der Waals surface area contributed by atoms with Gasteiger partial charge in [0.05, 0.1) is 25.1 Å².